The van der Waals surface area contributed by atoms with Gasteiger partial charge in [-0.2, -0.15) is 0 Å². The summed E-state index contributed by atoms with van der Waals surface area (Å²) < 4.78 is 0. The van der Waals surface area contributed by atoms with Crippen molar-refractivity contribution in [3.8, 4) is 0 Å². The number of carbonyl (C=O) groups excluding carboxylic acids is 1. The van der Waals surface area contributed by atoms with Gasteiger partial charge in [-0.1, -0.05) is 0 Å². The van der Waals surface area contributed by atoms with E-state index in [2.05, 4.69) is 27.6 Å². The summed E-state index contributed by atoms with van der Waals surface area (Å²) in [5, 5.41) is 5.72. The molecule has 0 aliphatic carbocycles. The lowest BCUT2D eigenvalue weighted by Crippen LogP contribution is -2.38. The fourth-order valence-electron chi connectivity index (χ4n) is 2.11. The first-order valence-electron chi connectivity index (χ1n) is 6.37. The van der Waals surface area contributed by atoms with Gasteiger partial charge < -0.3 is 15.5 Å². The smallest absolute Gasteiger partial charge is 0.319 e. The van der Waals surface area contributed by atoms with E-state index in [-0.39, 0.29) is 6.03 Å². The van der Waals surface area contributed by atoms with Crippen LogP contribution >= 0.6 is 0 Å². The lowest BCUT2D eigenvalue weighted by molar-refractivity contribution is 0.213. The summed E-state index contributed by atoms with van der Waals surface area (Å²) in [5.41, 5.74) is 0.769. The molecule has 0 saturated carbocycles. The van der Waals surface area contributed by atoms with Gasteiger partial charge in [0.05, 0.1) is 0 Å². The van der Waals surface area contributed by atoms with Gasteiger partial charge in [0, 0.05) is 24.6 Å². The molecule has 1 aliphatic heterocycles. The van der Waals surface area contributed by atoms with Crippen LogP contribution in [-0.2, 0) is 0 Å². The zero-order valence-corrected chi connectivity index (χ0v) is 10.7. The summed E-state index contributed by atoms with van der Waals surface area (Å²) in [7, 11) is 2.14. The number of likely N-dealkylation sites (tertiary alicyclic amines) is 1. The molecule has 1 aromatic heterocycles. The molecule has 2 amide bonds. The third kappa shape index (κ3) is 4.00. The summed E-state index contributed by atoms with van der Waals surface area (Å²) in [6.07, 6.45) is 5.64. The number of nitrogens with zero attached hydrogens (tertiary/aromatic N) is 2. The van der Waals surface area contributed by atoms with Gasteiger partial charge in [-0.05, 0) is 51.0 Å². The molecule has 98 valence electrons. The Hall–Kier alpha value is -1.62. The minimum absolute atomic E-state index is 0.139. The molecule has 0 atom stereocenters. The zero-order valence-electron chi connectivity index (χ0n) is 10.7. The first-order chi connectivity index (χ1) is 8.74. The molecular weight excluding hydrogens is 228 g/mol. The van der Waals surface area contributed by atoms with Gasteiger partial charge in [0.2, 0.25) is 0 Å². The van der Waals surface area contributed by atoms with Crippen molar-refractivity contribution in [2.45, 2.75) is 12.8 Å². The molecule has 5 nitrogen and oxygen atoms in total. The predicted molar refractivity (Wildman–Crippen MR) is 71.5 cm³/mol. The van der Waals surface area contributed by atoms with Crippen molar-refractivity contribution < 1.29 is 4.79 Å². The summed E-state index contributed by atoms with van der Waals surface area (Å²) in [6.45, 7) is 3.00. The van der Waals surface area contributed by atoms with Crippen LogP contribution in [-0.4, -0.2) is 42.6 Å². The molecule has 1 aromatic rings. The van der Waals surface area contributed by atoms with Gasteiger partial charge in [-0.3, -0.25) is 4.98 Å². The van der Waals surface area contributed by atoms with E-state index in [1.54, 1.807) is 24.5 Å². The monoisotopic (exact) mass is 248 g/mol. The molecule has 0 unspecified atom stereocenters. The normalized spacial score (nSPS) is 17.4. The number of anilines is 1. The van der Waals surface area contributed by atoms with Crippen LogP contribution in [0.5, 0.6) is 0 Å². The number of hydrogen-bond donors (Lipinski definition) is 2. The van der Waals surface area contributed by atoms with E-state index in [1.165, 1.54) is 0 Å². The minimum Gasteiger partial charge on any atom is -0.338 e. The number of rotatable bonds is 3. The maximum absolute atomic E-state index is 11.7. The van der Waals surface area contributed by atoms with Crippen molar-refractivity contribution in [1.82, 2.24) is 15.2 Å². The van der Waals surface area contributed by atoms with E-state index in [0.29, 0.717) is 5.92 Å². The number of hydrogen-bond acceptors (Lipinski definition) is 3. The van der Waals surface area contributed by atoms with Crippen LogP contribution in [0.15, 0.2) is 24.5 Å². The molecule has 1 saturated heterocycles. The van der Waals surface area contributed by atoms with E-state index in [0.717, 1.165) is 38.2 Å². The first kappa shape index (κ1) is 12.8. The molecule has 1 aliphatic rings. The number of urea groups is 1. The summed E-state index contributed by atoms with van der Waals surface area (Å²) >= 11 is 0. The Bertz CT molecular complexity index is 374. The Balaban J connectivity index is 1.69. The van der Waals surface area contributed by atoms with E-state index in [4.69, 9.17) is 0 Å². The number of amides is 2. The van der Waals surface area contributed by atoms with Crippen LogP contribution in [0.3, 0.4) is 0 Å². The van der Waals surface area contributed by atoms with Crippen molar-refractivity contribution in [3.05, 3.63) is 24.5 Å². The topological polar surface area (TPSA) is 57.3 Å². The van der Waals surface area contributed by atoms with E-state index in [1.807, 2.05) is 0 Å². The van der Waals surface area contributed by atoms with Crippen LogP contribution in [0, 0.1) is 5.92 Å². The third-order valence-electron chi connectivity index (χ3n) is 3.33. The zero-order chi connectivity index (χ0) is 12.8. The summed E-state index contributed by atoms with van der Waals surface area (Å²) in [4.78, 5) is 17.9. The molecule has 2 N–H and O–H groups in total. The van der Waals surface area contributed by atoms with Crippen LogP contribution < -0.4 is 10.6 Å². The maximum atomic E-state index is 11.7. The highest BCUT2D eigenvalue weighted by molar-refractivity contribution is 5.89. The van der Waals surface area contributed by atoms with Crippen molar-refractivity contribution in [2.24, 2.45) is 5.92 Å². The molecule has 0 aromatic carbocycles. The second kappa shape index (κ2) is 6.35. The van der Waals surface area contributed by atoms with Gasteiger partial charge >= 0.3 is 6.03 Å². The van der Waals surface area contributed by atoms with Crippen molar-refractivity contribution in [3.63, 3.8) is 0 Å². The van der Waals surface area contributed by atoms with Gasteiger partial charge in [0.15, 0.2) is 0 Å². The largest absolute Gasteiger partial charge is 0.338 e. The number of pyridine rings is 1. The van der Waals surface area contributed by atoms with Crippen LogP contribution in [0.1, 0.15) is 12.8 Å². The predicted octanol–water partition coefficient (Wildman–Crippen LogP) is 1.54. The van der Waals surface area contributed by atoms with Crippen molar-refractivity contribution in [1.29, 1.82) is 0 Å². The summed E-state index contributed by atoms with van der Waals surface area (Å²) in [6, 6.07) is 3.41. The standard InChI is InChI=1S/C13H20N4O/c1-17-8-4-11(5-9-17)10-15-13(18)16-12-2-6-14-7-3-12/h2-3,6-7,11H,4-5,8-10H2,1H3,(H2,14,15,16,18). The van der Waals surface area contributed by atoms with E-state index in [9.17, 15) is 4.79 Å². The van der Waals surface area contributed by atoms with Gasteiger partial charge in [0.1, 0.15) is 0 Å². The number of carbonyl (C=O) groups is 1. The number of piperidine rings is 1. The van der Waals surface area contributed by atoms with Gasteiger partial charge in [0.25, 0.3) is 0 Å². The second-order valence-corrected chi connectivity index (χ2v) is 4.82. The molecule has 0 bridgehead atoms. The fourth-order valence-corrected chi connectivity index (χ4v) is 2.11. The average molecular weight is 248 g/mol. The molecule has 0 radical (unpaired) electrons. The highest BCUT2D eigenvalue weighted by atomic mass is 16.2. The van der Waals surface area contributed by atoms with E-state index >= 15 is 0 Å². The quantitative estimate of drug-likeness (QED) is 0.853. The minimum atomic E-state index is -0.139. The number of aromatic nitrogens is 1. The molecule has 2 heterocycles. The second-order valence-electron chi connectivity index (χ2n) is 4.82. The van der Waals surface area contributed by atoms with Crippen LogP contribution in [0.4, 0.5) is 10.5 Å². The Morgan fingerprint density at radius 1 is 1.39 bits per heavy atom. The van der Waals surface area contributed by atoms with Gasteiger partial charge in [-0.25, -0.2) is 4.79 Å². The Morgan fingerprint density at radius 2 is 2.06 bits per heavy atom. The number of nitrogens with one attached hydrogen (secondary N) is 2. The van der Waals surface area contributed by atoms with Crippen LogP contribution in [0.25, 0.3) is 0 Å². The molecule has 18 heavy (non-hydrogen) atoms. The first-order valence-corrected chi connectivity index (χ1v) is 6.37. The van der Waals surface area contributed by atoms with Crippen molar-refractivity contribution in [2.75, 3.05) is 32.0 Å². The highest BCUT2D eigenvalue weighted by Crippen LogP contribution is 2.14. The molecule has 5 heteroatoms. The summed E-state index contributed by atoms with van der Waals surface area (Å²) in [5.74, 6) is 0.601. The molecule has 0 spiro atoms. The SMILES string of the molecule is CN1CCC(CNC(=O)Nc2ccncc2)CC1. The highest BCUT2D eigenvalue weighted by Gasteiger charge is 2.16. The third-order valence-corrected chi connectivity index (χ3v) is 3.33. The van der Waals surface area contributed by atoms with Crippen molar-refractivity contribution >= 4 is 11.7 Å². The lowest BCUT2D eigenvalue weighted by Gasteiger charge is -2.28. The Morgan fingerprint density at radius 3 is 2.72 bits per heavy atom. The van der Waals surface area contributed by atoms with E-state index < -0.39 is 0 Å². The average Bonchev–Trinajstić information content (AvgIpc) is 2.39. The van der Waals surface area contributed by atoms with Crippen LogP contribution in [0.2, 0.25) is 0 Å². The maximum Gasteiger partial charge on any atom is 0.319 e. The Labute approximate surface area is 108 Å². The molecular formula is C13H20N4O. The lowest BCUT2D eigenvalue weighted by atomic mass is 9.97. The fraction of sp³-hybridized carbons (Fsp3) is 0.538. The molecule has 2 rings (SSSR count). The van der Waals surface area contributed by atoms with Gasteiger partial charge in [-0.15, -0.1) is 0 Å². The Kier molecular flexibility index (Phi) is 4.52. The molecule has 1 fully saturated rings.